The van der Waals surface area contributed by atoms with Crippen LogP contribution in [0.1, 0.15) is 36.4 Å². The van der Waals surface area contributed by atoms with Crippen molar-refractivity contribution in [3.63, 3.8) is 0 Å². The lowest BCUT2D eigenvalue weighted by Crippen LogP contribution is -2.48. The minimum absolute atomic E-state index is 0.0698. The average Bonchev–Trinajstić information content (AvgIpc) is 2.93. The Hall–Kier alpha value is -0.310. The van der Waals surface area contributed by atoms with E-state index in [9.17, 15) is 8.42 Å². The molecule has 0 aromatic carbocycles. The first-order valence-corrected chi connectivity index (χ1v) is 11.0. The van der Waals surface area contributed by atoms with Crippen LogP contribution in [-0.2, 0) is 16.3 Å². The van der Waals surface area contributed by atoms with Gasteiger partial charge in [-0.3, -0.25) is 0 Å². The van der Waals surface area contributed by atoms with Crippen molar-refractivity contribution < 1.29 is 8.42 Å². The van der Waals surface area contributed by atoms with E-state index in [4.69, 9.17) is 10.7 Å². The maximum atomic E-state index is 12.3. The lowest BCUT2D eigenvalue weighted by Gasteiger charge is -2.34. The van der Waals surface area contributed by atoms with E-state index in [-0.39, 0.29) is 11.8 Å². The minimum Gasteiger partial charge on any atom is -0.329 e. The Morgan fingerprint density at radius 1 is 1.48 bits per heavy atom. The maximum Gasteiger partial charge on any atom is 0.186 e. The molecule has 21 heavy (non-hydrogen) atoms. The Morgan fingerprint density at radius 3 is 3.00 bits per heavy atom. The van der Waals surface area contributed by atoms with Crippen molar-refractivity contribution in [2.75, 3.05) is 28.7 Å². The summed E-state index contributed by atoms with van der Waals surface area (Å²) in [5, 5.41) is 0.407. The van der Waals surface area contributed by atoms with Crippen LogP contribution < -0.4 is 10.6 Å². The van der Waals surface area contributed by atoms with Gasteiger partial charge in [0.15, 0.2) is 15.0 Å². The molecule has 1 fully saturated rings. The van der Waals surface area contributed by atoms with Gasteiger partial charge in [-0.05, 0) is 19.3 Å². The Morgan fingerprint density at radius 2 is 2.29 bits per heavy atom. The quantitative estimate of drug-likeness (QED) is 0.898. The summed E-state index contributed by atoms with van der Waals surface area (Å²) in [6.45, 7) is 2.46. The van der Waals surface area contributed by atoms with Crippen LogP contribution in [-0.4, -0.2) is 42.6 Å². The lowest BCUT2D eigenvalue weighted by atomic mass is 9.99. The van der Waals surface area contributed by atoms with E-state index in [1.165, 1.54) is 0 Å². The standard InChI is InChI=1S/C13H21N3O2S3/c1-2-21(17,18)11-8-19-7-6-16(11)13-15-10-5-3-4-9(14)12(10)20-13/h9,11H,2-8,14H2,1H3. The van der Waals surface area contributed by atoms with E-state index in [0.29, 0.717) is 5.75 Å². The number of aryl methyl sites for hydroxylation is 1. The van der Waals surface area contributed by atoms with Crippen LogP contribution >= 0.6 is 23.1 Å². The summed E-state index contributed by atoms with van der Waals surface area (Å²) < 4.78 is 24.7. The molecule has 8 heteroatoms. The number of thiazole rings is 1. The highest BCUT2D eigenvalue weighted by Gasteiger charge is 2.35. The Kier molecular flexibility index (Phi) is 4.50. The molecule has 0 spiro atoms. The van der Waals surface area contributed by atoms with Crippen molar-refractivity contribution in [2.24, 2.45) is 5.73 Å². The number of hydrogen-bond acceptors (Lipinski definition) is 7. The molecule has 2 heterocycles. The fraction of sp³-hybridized carbons (Fsp3) is 0.769. The first kappa shape index (κ1) is 15.6. The van der Waals surface area contributed by atoms with Gasteiger partial charge in [0, 0.05) is 34.7 Å². The van der Waals surface area contributed by atoms with Gasteiger partial charge >= 0.3 is 0 Å². The lowest BCUT2D eigenvalue weighted by molar-refractivity contribution is 0.571. The molecular weight excluding hydrogens is 326 g/mol. The van der Waals surface area contributed by atoms with E-state index < -0.39 is 15.2 Å². The molecular formula is C13H21N3O2S3. The number of aromatic nitrogens is 1. The summed E-state index contributed by atoms with van der Waals surface area (Å²) in [5.74, 6) is 1.76. The van der Waals surface area contributed by atoms with Crippen LogP contribution in [0.4, 0.5) is 5.13 Å². The van der Waals surface area contributed by atoms with E-state index in [2.05, 4.69) is 0 Å². The monoisotopic (exact) mass is 347 g/mol. The van der Waals surface area contributed by atoms with Crippen molar-refractivity contribution in [1.29, 1.82) is 0 Å². The van der Waals surface area contributed by atoms with Gasteiger partial charge in [0.1, 0.15) is 5.37 Å². The van der Waals surface area contributed by atoms with Gasteiger partial charge in [-0.2, -0.15) is 11.8 Å². The number of sulfone groups is 1. The van der Waals surface area contributed by atoms with Crippen LogP contribution in [0.3, 0.4) is 0 Å². The van der Waals surface area contributed by atoms with Crippen LogP contribution in [0.5, 0.6) is 0 Å². The Balaban J connectivity index is 1.94. The molecule has 3 rings (SSSR count). The number of thioether (sulfide) groups is 1. The molecule has 1 aromatic rings. The second kappa shape index (κ2) is 6.06. The summed E-state index contributed by atoms with van der Waals surface area (Å²) in [5.41, 5.74) is 7.25. The highest BCUT2D eigenvalue weighted by molar-refractivity contribution is 8.01. The molecule has 2 atom stereocenters. The molecule has 118 valence electrons. The zero-order chi connectivity index (χ0) is 15.0. The van der Waals surface area contributed by atoms with E-state index >= 15 is 0 Å². The third-order valence-corrected chi connectivity index (χ3v) is 8.68. The summed E-state index contributed by atoms with van der Waals surface area (Å²) in [7, 11) is -3.09. The molecule has 2 unspecified atom stereocenters. The summed E-state index contributed by atoms with van der Waals surface area (Å²) in [6.07, 6.45) is 3.04. The number of nitrogens with zero attached hydrogens (tertiary/aromatic N) is 2. The molecule has 5 nitrogen and oxygen atoms in total. The normalized spacial score (nSPS) is 26.7. The Labute approximate surface area is 134 Å². The number of anilines is 1. The fourth-order valence-corrected chi connectivity index (χ4v) is 7.11. The second-order valence-corrected chi connectivity index (χ2v) is 10.1. The number of hydrogen-bond donors (Lipinski definition) is 1. The summed E-state index contributed by atoms with van der Waals surface area (Å²) in [6, 6.07) is 0.0698. The predicted molar refractivity (Wildman–Crippen MR) is 89.9 cm³/mol. The number of fused-ring (bicyclic) bond motifs is 1. The molecule has 1 aliphatic carbocycles. The highest BCUT2D eigenvalue weighted by Crippen LogP contribution is 2.38. The van der Waals surface area contributed by atoms with Gasteiger partial charge in [-0.15, -0.1) is 0 Å². The van der Waals surface area contributed by atoms with Crippen LogP contribution in [0, 0.1) is 0 Å². The third kappa shape index (κ3) is 2.95. The van der Waals surface area contributed by atoms with Crippen molar-refractivity contribution >= 4 is 38.1 Å². The topological polar surface area (TPSA) is 76.3 Å². The predicted octanol–water partition coefficient (Wildman–Crippen LogP) is 1.79. The molecule has 1 saturated heterocycles. The van der Waals surface area contributed by atoms with Gasteiger partial charge in [0.05, 0.1) is 5.69 Å². The van der Waals surface area contributed by atoms with Crippen molar-refractivity contribution in [1.82, 2.24) is 4.98 Å². The third-order valence-electron chi connectivity index (χ3n) is 4.13. The molecule has 0 amide bonds. The molecule has 0 radical (unpaired) electrons. The van der Waals surface area contributed by atoms with Gasteiger partial charge in [-0.1, -0.05) is 18.3 Å². The van der Waals surface area contributed by atoms with Crippen LogP contribution in [0.15, 0.2) is 0 Å². The van der Waals surface area contributed by atoms with Crippen molar-refractivity contribution in [2.45, 2.75) is 37.6 Å². The molecule has 2 aliphatic rings. The smallest absolute Gasteiger partial charge is 0.186 e. The van der Waals surface area contributed by atoms with Gasteiger partial charge in [-0.25, -0.2) is 13.4 Å². The second-order valence-electron chi connectivity index (χ2n) is 5.48. The van der Waals surface area contributed by atoms with Gasteiger partial charge in [0.25, 0.3) is 0 Å². The van der Waals surface area contributed by atoms with Gasteiger partial charge in [0.2, 0.25) is 0 Å². The summed E-state index contributed by atoms with van der Waals surface area (Å²) in [4.78, 5) is 7.86. The maximum absolute atomic E-state index is 12.3. The van der Waals surface area contributed by atoms with E-state index in [1.54, 1.807) is 30.0 Å². The van der Waals surface area contributed by atoms with E-state index in [0.717, 1.165) is 47.3 Å². The number of rotatable bonds is 3. The SMILES string of the molecule is CCS(=O)(=O)C1CSCCN1c1nc2c(s1)C(N)CCC2. The zero-order valence-electron chi connectivity index (χ0n) is 12.1. The zero-order valence-corrected chi connectivity index (χ0v) is 14.6. The van der Waals surface area contributed by atoms with Crippen LogP contribution in [0.2, 0.25) is 0 Å². The summed E-state index contributed by atoms with van der Waals surface area (Å²) >= 11 is 3.31. The molecule has 2 N–H and O–H groups in total. The highest BCUT2D eigenvalue weighted by atomic mass is 32.2. The van der Waals surface area contributed by atoms with E-state index in [1.807, 2.05) is 4.90 Å². The molecule has 1 aliphatic heterocycles. The molecule has 0 saturated carbocycles. The first-order chi connectivity index (χ1) is 10.0. The minimum atomic E-state index is -3.09. The largest absolute Gasteiger partial charge is 0.329 e. The number of nitrogens with two attached hydrogens (primary N) is 1. The molecule has 0 bridgehead atoms. The van der Waals surface area contributed by atoms with Crippen LogP contribution in [0.25, 0.3) is 0 Å². The van der Waals surface area contributed by atoms with Crippen molar-refractivity contribution in [3.05, 3.63) is 10.6 Å². The molecule has 1 aromatic heterocycles. The fourth-order valence-electron chi connectivity index (χ4n) is 2.85. The first-order valence-electron chi connectivity index (χ1n) is 7.34. The average molecular weight is 348 g/mol. The van der Waals surface area contributed by atoms with Gasteiger partial charge < -0.3 is 10.6 Å². The van der Waals surface area contributed by atoms with Crippen molar-refractivity contribution in [3.8, 4) is 0 Å². The Bertz CT molecular complexity index is 614.